The van der Waals surface area contributed by atoms with Gasteiger partial charge in [0.1, 0.15) is 13.2 Å². The van der Waals surface area contributed by atoms with E-state index in [1.807, 2.05) is 0 Å². The highest BCUT2D eigenvalue weighted by Gasteiger charge is 2.19. The summed E-state index contributed by atoms with van der Waals surface area (Å²) in [7, 11) is 0. The van der Waals surface area contributed by atoms with Crippen LogP contribution in [0, 0.1) is 5.92 Å². The van der Waals surface area contributed by atoms with Gasteiger partial charge in [0.15, 0.2) is 6.10 Å². The van der Waals surface area contributed by atoms with Crippen molar-refractivity contribution in [1.82, 2.24) is 0 Å². The smallest absolute Gasteiger partial charge is 0.306 e. The molecular weight excluding hydrogens is 733 g/mol. The molecule has 0 fully saturated rings. The minimum atomic E-state index is -0.761. The van der Waals surface area contributed by atoms with Crippen molar-refractivity contribution in [3.05, 3.63) is 0 Å². The molecule has 0 aliphatic heterocycles. The summed E-state index contributed by atoms with van der Waals surface area (Å²) in [5.74, 6) is -0.0318. The Hall–Kier alpha value is -1.59. The molecule has 0 bridgehead atoms. The van der Waals surface area contributed by atoms with Crippen molar-refractivity contribution in [3.63, 3.8) is 0 Å². The standard InChI is InChI=1S/C53H102O6/c1-5-8-10-12-14-16-18-20-22-23-24-26-28-30-32-38-42-46-53(56)59-50(48-58-52(55)45-41-37-34-33-35-39-43-49(4)7-3)47-57-51(54)44-40-36-31-29-27-25-21-19-17-15-13-11-9-6-2/h49-50H,5-48H2,1-4H3/t49?,50-/m1/s1. The van der Waals surface area contributed by atoms with Gasteiger partial charge in [0.05, 0.1) is 0 Å². The number of hydrogen-bond donors (Lipinski definition) is 0. The molecular formula is C53H102O6. The zero-order valence-corrected chi connectivity index (χ0v) is 40.2. The summed E-state index contributed by atoms with van der Waals surface area (Å²) >= 11 is 0. The third kappa shape index (κ3) is 45.8. The molecule has 0 aromatic heterocycles. The summed E-state index contributed by atoms with van der Waals surface area (Å²) in [6.45, 7) is 9.01. The predicted molar refractivity (Wildman–Crippen MR) is 252 cm³/mol. The normalized spacial score (nSPS) is 12.4. The minimum absolute atomic E-state index is 0.0633. The minimum Gasteiger partial charge on any atom is -0.462 e. The van der Waals surface area contributed by atoms with E-state index in [9.17, 15) is 14.4 Å². The summed E-state index contributed by atoms with van der Waals surface area (Å²) < 4.78 is 16.8. The third-order valence-corrected chi connectivity index (χ3v) is 12.4. The molecule has 2 atom stereocenters. The Kier molecular flexibility index (Phi) is 46.2. The molecule has 0 aromatic rings. The van der Waals surface area contributed by atoms with Crippen LogP contribution in [-0.4, -0.2) is 37.2 Å². The number of rotatable bonds is 48. The highest BCUT2D eigenvalue weighted by molar-refractivity contribution is 5.71. The van der Waals surface area contributed by atoms with E-state index >= 15 is 0 Å². The number of unbranched alkanes of at least 4 members (excludes halogenated alkanes) is 34. The number of carbonyl (C=O) groups is 3. The maximum atomic E-state index is 12.8. The van der Waals surface area contributed by atoms with Crippen molar-refractivity contribution in [2.75, 3.05) is 13.2 Å². The summed E-state index contributed by atoms with van der Waals surface area (Å²) in [6.07, 6.45) is 49.5. The molecule has 0 aliphatic rings. The summed E-state index contributed by atoms with van der Waals surface area (Å²) in [6, 6.07) is 0. The van der Waals surface area contributed by atoms with Gasteiger partial charge < -0.3 is 14.2 Å². The molecule has 0 spiro atoms. The van der Waals surface area contributed by atoms with Crippen LogP contribution in [0.25, 0.3) is 0 Å². The van der Waals surface area contributed by atoms with Crippen molar-refractivity contribution < 1.29 is 28.6 Å². The highest BCUT2D eigenvalue weighted by atomic mass is 16.6. The number of ether oxygens (including phenoxy) is 3. The highest BCUT2D eigenvalue weighted by Crippen LogP contribution is 2.18. The van der Waals surface area contributed by atoms with Gasteiger partial charge in [-0.3, -0.25) is 14.4 Å². The topological polar surface area (TPSA) is 78.9 Å². The SMILES string of the molecule is CCCCCCCCCCCCCCCCCCCC(=O)O[C@H](COC(=O)CCCCCCCCCCCCCCCC)COC(=O)CCCCCCCCC(C)CC. The second-order valence-electron chi connectivity index (χ2n) is 18.4. The van der Waals surface area contributed by atoms with Gasteiger partial charge in [-0.25, -0.2) is 0 Å². The number of carbonyl (C=O) groups excluding carboxylic acids is 3. The maximum absolute atomic E-state index is 12.8. The first-order valence-corrected chi connectivity index (χ1v) is 26.4. The third-order valence-electron chi connectivity index (χ3n) is 12.4. The Bertz CT molecular complexity index is 889. The van der Waals surface area contributed by atoms with Crippen molar-refractivity contribution in [3.8, 4) is 0 Å². The summed E-state index contributed by atoms with van der Waals surface area (Å²) in [4.78, 5) is 37.9. The molecule has 0 rings (SSSR count). The van der Waals surface area contributed by atoms with Crippen molar-refractivity contribution in [2.24, 2.45) is 5.92 Å². The Balaban J connectivity index is 4.28. The molecule has 0 heterocycles. The average Bonchev–Trinajstić information content (AvgIpc) is 3.23. The van der Waals surface area contributed by atoms with Crippen molar-refractivity contribution in [1.29, 1.82) is 0 Å². The maximum Gasteiger partial charge on any atom is 0.306 e. The largest absolute Gasteiger partial charge is 0.462 e. The lowest BCUT2D eigenvalue weighted by Gasteiger charge is -2.18. The van der Waals surface area contributed by atoms with E-state index < -0.39 is 6.10 Å². The molecule has 0 aromatic carbocycles. The number of hydrogen-bond acceptors (Lipinski definition) is 6. The summed E-state index contributed by atoms with van der Waals surface area (Å²) in [5, 5.41) is 0. The van der Waals surface area contributed by atoms with E-state index in [0.29, 0.717) is 19.3 Å². The molecule has 0 saturated heterocycles. The van der Waals surface area contributed by atoms with E-state index in [1.54, 1.807) is 0 Å². The molecule has 350 valence electrons. The molecule has 0 aliphatic carbocycles. The van der Waals surface area contributed by atoms with Crippen LogP contribution in [0.2, 0.25) is 0 Å². The van der Waals surface area contributed by atoms with Crippen molar-refractivity contribution >= 4 is 17.9 Å². The number of esters is 3. The first-order valence-electron chi connectivity index (χ1n) is 26.4. The Labute approximate surface area is 368 Å². The second kappa shape index (κ2) is 47.5. The Morgan fingerprint density at radius 2 is 0.593 bits per heavy atom. The average molecular weight is 835 g/mol. The molecule has 59 heavy (non-hydrogen) atoms. The van der Waals surface area contributed by atoms with Gasteiger partial charge in [-0.1, -0.05) is 259 Å². The Morgan fingerprint density at radius 3 is 0.881 bits per heavy atom. The van der Waals surface area contributed by atoms with Gasteiger partial charge >= 0.3 is 17.9 Å². The first-order chi connectivity index (χ1) is 28.9. The fourth-order valence-electron chi connectivity index (χ4n) is 8.01. The Morgan fingerprint density at radius 1 is 0.339 bits per heavy atom. The van der Waals surface area contributed by atoms with E-state index in [-0.39, 0.29) is 31.1 Å². The summed E-state index contributed by atoms with van der Waals surface area (Å²) in [5.41, 5.74) is 0. The molecule has 0 N–H and O–H groups in total. The van der Waals surface area contributed by atoms with Gasteiger partial charge in [0.2, 0.25) is 0 Å². The predicted octanol–water partition coefficient (Wildman–Crippen LogP) is 17.1. The van der Waals surface area contributed by atoms with Crippen LogP contribution in [0.1, 0.15) is 297 Å². The lowest BCUT2D eigenvalue weighted by molar-refractivity contribution is -0.167. The van der Waals surface area contributed by atoms with Crippen LogP contribution >= 0.6 is 0 Å². The van der Waals surface area contributed by atoms with Crippen LogP contribution in [0.15, 0.2) is 0 Å². The van der Waals surface area contributed by atoms with Crippen LogP contribution in [0.3, 0.4) is 0 Å². The zero-order chi connectivity index (χ0) is 43.1. The molecule has 6 nitrogen and oxygen atoms in total. The van der Waals surface area contributed by atoms with Crippen LogP contribution in [0.5, 0.6) is 0 Å². The van der Waals surface area contributed by atoms with Gasteiger partial charge in [-0.2, -0.15) is 0 Å². The van der Waals surface area contributed by atoms with Crippen LogP contribution in [-0.2, 0) is 28.6 Å². The molecule has 0 amide bonds. The lowest BCUT2D eigenvalue weighted by Crippen LogP contribution is -2.30. The monoisotopic (exact) mass is 835 g/mol. The molecule has 0 radical (unpaired) electrons. The zero-order valence-electron chi connectivity index (χ0n) is 40.2. The van der Waals surface area contributed by atoms with Crippen LogP contribution in [0.4, 0.5) is 0 Å². The first kappa shape index (κ1) is 57.4. The second-order valence-corrected chi connectivity index (χ2v) is 18.4. The van der Waals surface area contributed by atoms with Gasteiger partial charge in [-0.05, 0) is 25.2 Å². The fraction of sp³-hybridized carbons (Fsp3) is 0.943. The van der Waals surface area contributed by atoms with E-state index in [1.165, 1.54) is 193 Å². The lowest BCUT2D eigenvalue weighted by atomic mass is 10.00. The quantitative estimate of drug-likeness (QED) is 0.0345. The van der Waals surface area contributed by atoms with E-state index in [4.69, 9.17) is 14.2 Å². The fourth-order valence-corrected chi connectivity index (χ4v) is 8.01. The van der Waals surface area contributed by atoms with Gasteiger partial charge in [0.25, 0.3) is 0 Å². The van der Waals surface area contributed by atoms with E-state index in [0.717, 1.165) is 63.7 Å². The molecule has 6 heteroatoms. The molecule has 0 saturated carbocycles. The van der Waals surface area contributed by atoms with Gasteiger partial charge in [0, 0.05) is 19.3 Å². The van der Waals surface area contributed by atoms with E-state index in [2.05, 4.69) is 27.7 Å². The molecule has 1 unspecified atom stereocenters. The van der Waals surface area contributed by atoms with Crippen LogP contribution < -0.4 is 0 Å². The van der Waals surface area contributed by atoms with Crippen molar-refractivity contribution in [2.45, 2.75) is 303 Å². The van der Waals surface area contributed by atoms with Gasteiger partial charge in [-0.15, -0.1) is 0 Å².